The van der Waals surface area contributed by atoms with Gasteiger partial charge < -0.3 is 24.2 Å². The third-order valence-electron chi connectivity index (χ3n) is 4.46. The van der Waals surface area contributed by atoms with Crippen LogP contribution >= 0.6 is 0 Å². The molecule has 0 amide bonds. The van der Waals surface area contributed by atoms with Crippen LogP contribution in [0.25, 0.3) is 22.3 Å². The monoisotopic (exact) mass is 370 g/mol. The highest BCUT2D eigenvalue weighted by Gasteiger charge is 2.18. The smallest absolute Gasteiger partial charge is 0.196 e. The van der Waals surface area contributed by atoms with E-state index in [1.807, 2.05) is 0 Å². The lowest BCUT2D eigenvalue weighted by atomic mass is 10.00. The number of fused-ring (bicyclic) bond motifs is 1. The van der Waals surface area contributed by atoms with Crippen molar-refractivity contribution >= 4 is 11.0 Å². The maximum Gasteiger partial charge on any atom is 0.196 e. The van der Waals surface area contributed by atoms with Gasteiger partial charge in [-0.05, 0) is 36.8 Å². The molecule has 142 valence electrons. The predicted octanol–water partition coefficient (Wildman–Crippen LogP) is 3.22. The average molecular weight is 370 g/mol. The number of nitrogens with zero attached hydrogens (tertiary/aromatic N) is 1. The van der Waals surface area contributed by atoms with Crippen LogP contribution in [0.3, 0.4) is 0 Å². The van der Waals surface area contributed by atoms with E-state index in [1.54, 1.807) is 12.1 Å². The second-order valence-corrected chi connectivity index (χ2v) is 7.74. The first kappa shape index (κ1) is 18.8. The third-order valence-corrected chi connectivity index (χ3v) is 4.46. The summed E-state index contributed by atoms with van der Waals surface area (Å²) in [6.07, 6.45) is 1.31. The van der Waals surface area contributed by atoms with Crippen molar-refractivity contribution in [2.75, 3.05) is 27.7 Å². The molecular formula is C21H24NO5+. The lowest BCUT2D eigenvalue weighted by molar-refractivity contribution is -0.870. The van der Waals surface area contributed by atoms with E-state index in [0.29, 0.717) is 28.7 Å². The predicted molar refractivity (Wildman–Crippen MR) is 104 cm³/mol. The Morgan fingerprint density at radius 3 is 2.37 bits per heavy atom. The molecule has 0 spiro atoms. The van der Waals surface area contributed by atoms with E-state index in [1.165, 1.54) is 24.3 Å². The summed E-state index contributed by atoms with van der Waals surface area (Å²) >= 11 is 0. The fourth-order valence-corrected chi connectivity index (χ4v) is 3.08. The highest BCUT2D eigenvalue weighted by Crippen LogP contribution is 2.33. The summed E-state index contributed by atoms with van der Waals surface area (Å²) in [7, 11) is 6.26. The van der Waals surface area contributed by atoms with E-state index < -0.39 is 0 Å². The van der Waals surface area contributed by atoms with Crippen molar-refractivity contribution in [1.82, 2.24) is 0 Å². The number of benzene rings is 2. The van der Waals surface area contributed by atoms with Crippen LogP contribution in [-0.4, -0.2) is 47.5 Å². The molecule has 6 heteroatoms. The molecule has 0 fully saturated rings. The molecule has 1 aromatic heterocycles. The Bertz CT molecular complexity index is 1050. The molecule has 3 rings (SSSR count). The van der Waals surface area contributed by atoms with Gasteiger partial charge in [0.2, 0.25) is 0 Å². The molecule has 6 nitrogen and oxygen atoms in total. The number of phenolic OH excluding ortho intramolecular Hbond substituents is 3. The molecule has 0 radical (unpaired) electrons. The molecule has 2 aromatic carbocycles. The van der Waals surface area contributed by atoms with Gasteiger partial charge in [0.15, 0.2) is 16.9 Å². The SMILES string of the molecule is C[N+](C)(C)CCCc1c(-c2ccc(O)c(O)c2)oc2cc(O)ccc2c1=O. The van der Waals surface area contributed by atoms with E-state index in [-0.39, 0.29) is 28.3 Å². The molecule has 1 heterocycles. The molecule has 0 saturated heterocycles. The van der Waals surface area contributed by atoms with Gasteiger partial charge in [-0.15, -0.1) is 0 Å². The quantitative estimate of drug-likeness (QED) is 0.474. The van der Waals surface area contributed by atoms with Crippen LogP contribution in [-0.2, 0) is 6.42 Å². The van der Waals surface area contributed by atoms with Crippen molar-refractivity contribution in [2.24, 2.45) is 0 Å². The van der Waals surface area contributed by atoms with Gasteiger partial charge in [-0.3, -0.25) is 4.79 Å². The lowest BCUT2D eigenvalue weighted by Crippen LogP contribution is -2.35. The van der Waals surface area contributed by atoms with E-state index >= 15 is 0 Å². The largest absolute Gasteiger partial charge is 0.508 e. The second-order valence-electron chi connectivity index (χ2n) is 7.74. The van der Waals surface area contributed by atoms with Crippen molar-refractivity contribution in [3.63, 3.8) is 0 Å². The molecule has 3 N–H and O–H groups in total. The lowest BCUT2D eigenvalue weighted by Gasteiger charge is -2.23. The molecule has 0 aliphatic heterocycles. The zero-order valence-electron chi connectivity index (χ0n) is 15.7. The molecule has 0 atom stereocenters. The summed E-state index contributed by atoms with van der Waals surface area (Å²) in [5, 5.41) is 29.6. The summed E-state index contributed by atoms with van der Waals surface area (Å²) in [6, 6.07) is 8.72. The van der Waals surface area contributed by atoms with Gasteiger partial charge in [0.05, 0.1) is 33.1 Å². The van der Waals surface area contributed by atoms with Crippen molar-refractivity contribution in [2.45, 2.75) is 12.8 Å². The minimum atomic E-state index is -0.288. The summed E-state index contributed by atoms with van der Waals surface area (Å²) < 4.78 is 6.74. The van der Waals surface area contributed by atoms with Gasteiger partial charge in [-0.2, -0.15) is 0 Å². The minimum Gasteiger partial charge on any atom is -0.508 e. The fourth-order valence-electron chi connectivity index (χ4n) is 3.08. The summed E-state index contributed by atoms with van der Waals surface area (Å²) in [6.45, 7) is 0.882. The number of quaternary nitrogens is 1. The molecule has 27 heavy (non-hydrogen) atoms. The molecule has 0 unspecified atom stereocenters. The van der Waals surface area contributed by atoms with Crippen molar-refractivity contribution < 1.29 is 24.2 Å². The van der Waals surface area contributed by atoms with Gasteiger partial charge >= 0.3 is 0 Å². The van der Waals surface area contributed by atoms with Crippen LogP contribution in [0.2, 0.25) is 0 Å². The van der Waals surface area contributed by atoms with Crippen molar-refractivity contribution in [3.05, 3.63) is 52.2 Å². The first-order chi connectivity index (χ1) is 12.7. The topological polar surface area (TPSA) is 90.9 Å². The Morgan fingerprint density at radius 2 is 1.70 bits per heavy atom. The maximum absolute atomic E-state index is 13.1. The molecular weight excluding hydrogens is 346 g/mol. The zero-order chi connectivity index (χ0) is 19.8. The summed E-state index contributed by atoms with van der Waals surface area (Å²) in [4.78, 5) is 13.1. The summed E-state index contributed by atoms with van der Waals surface area (Å²) in [5.41, 5.74) is 1.14. The Balaban J connectivity index is 2.17. The number of phenols is 3. The standard InChI is InChI=1S/C21H23NO5/c1-22(2,3)10-4-5-16-20(26)15-8-7-14(23)12-19(15)27-21(16)13-6-9-17(24)18(25)11-13/h6-9,11-12H,4-5,10H2,1-3H3,(H2-,23,24,25,26)/p+1. The highest BCUT2D eigenvalue weighted by molar-refractivity contribution is 5.82. The van der Waals surface area contributed by atoms with Crippen molar-refractivity contribution in [3.8, 4) is 28.6 Å². The van der Waals surface area contributed by atoms with Crippen LogP contribution in [0.1, 0.15) is 12.0 Å². The zero-order valence-corrected chi connectivity index (χ0v) is 15.7. The normalized spacial score (nSPS) is 11.8. The van der Waals surface area contributed by atoms with Gasteiger partial charge in [0, 0.05) is 23.6 Å². The number of hydrogen-bond donors (Lipinski definition) is 3. The molecule has 0 saturated carbocycles. The molecule has 0 aliphatic rings. The van der Waals surface area contributed by atoms with Crippen LogP contribution < -0.4 is 5.43 Å². The first-order valence-electron chi connectivity index (χ1n) is 8.77. The van der Waals surface area contributed by atoms with Crippen molar-refractivity contribution in [1.29, 1.82) is 0 Å². The van der Waals surface area contributed by atoms with Gasteiger partial charge in [-0.1, -0.05) is 0 Å². The number of hydrogen-bond acceptors (Lipinski definition) is 5. The minimum absolute atomic E-state index is 0.00272. The second kappa shape index (κ2) is 6.96. The van der Waals surface area contributed by atoms with E-state index in [0.717, 1.165) is 17.4 Å². The third kappa shape index (κ3) is 4.06. The molecule has 0 bridgehead atoms. The van der Waals surface area contributed by atoms with Crippen LogP contribution in [0, 0.1) is 0 Å². The Labute approximate surface area is 157 Å². The van der Waals surface area contributed by atoms with Gasteiger partial charge in [0.1, 0.15) is 17.1 Å². The average Bonchev–Trinajstić information content (AvgIpc) is 2.58. The summed E-state index contributed by atoms with van der Waals surface area (Å²) in [5.74, 6) is -0.188. The van der Waals surface area contributed by atoms with Crippen LogP contribution in [0.5, 0.6) is 17.2 Å². The van der Waals surface area contributed by atoms with Gasteiger partial charge in [0.25, 0.3) is 0 Å². The molecule has 3 aromatic rings. The fraction of sp³-hybridized carbons (Fsp3) is 0.286. The van der Waals surface area contributed by atoms with E-state index in [2.05, 4.69) is 21.1 Å². The first-order valence-corrected chi connectivity index (χ1v) is 8.77. The van der Waals surface area contributed by atoms with E-state index in [9.17, 15) is 20.1 Å². The Morgan fingerprint density at radius 1 is 0.963 bits per heavy atom. The van der Waals surface area contributed by atoms with Gasteiger partial charge in [-0.25, -0.2) is 0 Å². The van der Waals surface area contributed by atoms with E-state index in [4.69, 9.17) is 4.42 Å². The van der Waals surface area contributed by atoms with Crippen LogP contribution in [0.4, 0.5) is 0 Å². The number of aromatic hydroxyl groups is 3. The van der Waals surface area contributed by atoms with Crippen LogP contribution in [0.15, 0.2) is 45.6 Å². The highest BCUT2D eigenvalue weighted by atomic mass is 16.3. The Kier molecular flexibility index (Phi) is 4.85. The maximum atomic E-state index is 13.1. The molecule has 0 aliphatic carbocycles. The number of rotatable bonds is 5. The Hall–Kier alpha value is -2.99.